The first-order valence-corrected chi connectivity index (χ1v) is 38.4. The van der Waals surface area contributed by atoms with Crippen LogP contribution >= 0.6 is 0 Å². The van der Waals surface area contributed by atoms with Crippen molar-refractivity contribution < 1.29 is 42.9 Å². The minimum absolute atomic E-state index is 0.149. The van der Waals surface area contributed by atoms with Crippen LogP contribution in [0.15, 0.2) is 60.8 Å². The number of likely N-dealkylation sites (N-methyl/N-ethyl adjacent to an activating group) is 1. The van der Waals surface area contributed by atoms with Gasteiger partial charge >= 0.3 is 11.9 Å². The normalized spacial score (nSPS) is 13.0. The summed E-state index contributed by atoms with van der Waals surface area (Å²) in [5.74, 6) is -2.26. The Labute approximate surface area is 552 Å². The van der Waals surface area contributed by atoms with E-state index in [4.69, 9.17) is 18.9 Å². The van der Waals surface area contributed by atoms with E-state index in [1.165, 1.54) is 283 Å². The van der Waals surface area contributed by atoms with Gasteiger partial charge in [-0.2, -0.15) is 0 Å². The van der Waals surface area contributed by atoms with E-state index in [0.717, 1.165) is 57.8 Å². The molecule has 9 nitrogen and oxygen atoms in total. The van der Waals surface area contributed by atoms with Gasteiger partial charge in [0.1, 0.15) is 13.2 Å². The number of hydrogen-bond donors (Lipinski definition) is 0. The van der Waals surface area contributed by atoms with Crippen molar-refractivity contribution in [2.45, 2.75) is 386 Å². The van der Waals surface area contributed by atoms with Crippen molar-refractivity contribution in [1.82, 2.24) is 0 Å². The summed E-state index contributed by atoms with van der Waals surface area (Å²) in [7, 11) is 5.95. The van der Waals surface area contributed by atoms with Crippen LogP contribution < -0.4 is 5.11 Å². The number of carboxylic acid groups (broad SMARTS) is 1. The molecular weight excluding hydrogens is 1100 g/mol. The molecular formula is C80H147NO8. The van der Waals surface area contributed by atoms with Gasteiger partial charge in [0.2, 0.25) is 0 Å². The predicted molar refractivity (Wildman–Crippen MR) is 380 cm³/mol. The summed E-state index contributed by atoms with van der Waals surface area (Å²) in [5.41, 5.74) is 0. The van der Waals surface area contributed by atoms with Gasteiger partial charge in [-0.3, -0.25) is 9.59 Å². The van der Waals surface area contributed by atoms with Crippen molar-refractivity contribution in [2.75, 3.05) is 47.5 Å². The molecule has 0 fully saturated rings. The number of allylic oxidation sites excluding steroid dienone is 10. The molecule has 0 rings (SSSR count). The van der Waals surface area contributed by atoms with E-state index in [9.17, 15) is 19.5 Å². The van der Waals surface area contributed by atoms with Gasteiger partial charge in [0, 0.05) is 12.8 Å². The Morgan fingerprint density at radius 1 is 0.348 bits per heavy atom. The van der Waals surface area contributed by atoms with Crippen LogP contribution in [0.25, 0.3) is 0 Å². The monoisotopic (exact) mass is 1250 g/mol. The van der Waals surface area contributed by atoms with E-state index in [1.807, 2.05) is 21.1 Å². The molecule has 9 heteroatoms. The zero-order valence-corrected chi connectivity index (χ0v) is 59.6. The number of unbranched alkanes of at least 4 members (excludes halogenated alkanes) is 47. The van der Waals surface area contributed by atoms with Gasteiger partial charge in [-0.1, -0.05) is 344 Å². The number of carboxylic acids is 1. The van der Waals surface area contributed by atoms with E-state index in [-0.39, 0.29) is 32.2 Å². The third kappa shape index (κ3) is 72.3. The fourth-order valence-corrected chi connectivity index (χ4v) is 11.4. The second-order valence-electron chi connectivity index (χ2n) is 27.3. The molecule has 0 aromatic rings. The Morgan fingerprint density at radius 3 is 0.966 bits per heavy atom. The van der Waals surface area contributed by atoms with Gasteiger partial charge in [0.15, 0.2) is 12.4 Å². The second-order valence-corrected chi connectivity index (χ2v) is 27.3. The first kappa shape index (κ1) is 86.0. The van der Waals surface area contributed by atoms with Crippen LogP contribution in [-0.2, 0) is 33.3 Å². The molecule has 0 aromatic heterocycles. The molecule has 89 heavy (non-hydrogen) atoms. The number of rotatable bonds is 72. The van der Waals surface area contributed by atoms with E-state index >= 15 is 0 Å². The summed E-state index contributed by atoms with van der Waals surface area (Å²) >= 11 is 0. The highest BCUT2D eigenvalue weighted by Gasteiger charge is 2.22. The molecule has 0 spiro atoms. The van der Waals surface area contributed by atoms with Gasteiger partial charge in [-0.15, -0.1) is 0 Å². The molecule has 0 aromatic carbocycles. The van der Waals surface area contributed by atoms with Crippen molar-refractivity contribution in [3.05, 3.63) is 60.8 Å². The quantitative estimate of drug-likeness (QED) is 0.0195. The minimum Gasteiger partial charge on any atom is -0.545 e. The van der Waals surface area contributed by atoms with Crippen LogP contribution in [0.4, 0.5) is 0 Å². The SMILES string of the molecule is CC/C=C\C/C=C\C/C=C\C/C=C\CCCCCCCCCCCCCCCCCCC(=O)OC(COC(=O)CCCCCCCCCCCCCCCCCCCCCCCCC/C=C\CCCCCCCCCC)COC(OCC[N+](C)(C)C)C(=O)[O-]. The van der Waals surface area contributed by atoms with E-state index in [0.29, 0.717) is 23.9 Å². The van der Waals surface area contributed by atoms with Crippen molar-refractivity contribution >= 4 is 17.9 Å². The fraction of sp³-hybridized carbons (Fsp3) is 0.838. The lowest BCUT2D eigenvalue weighted by molar-refractivity contribution is -0.870. The highest BCUT2D eigenvalue weighted by molar-refractivity contribution is 5.70. The number of ether oxygens (including phenoxy) is 4. The van der Waals surface area contributed by atoms with E-state index in [1.54, 1.807) is 0 Å². The molecule has 0 amide bonds. The number of aliphatic carboxylic acids is 1. The van der Waals surface area contributed by atoms with Crippen LogP contribution in [-0.4, -0.2) is 82.3 Å². The topological polar surface area (TPSA) is 111 Å². The minimum atomic E-state index is -1.62. The van der Waals surface area contributed by atoms with E-state index < -0.39 is 24.3 Å². The molecule has 0 saturated heterocycles. The van der Waals surface area contributed by atoms with Crippen molar-refractivity contribution in [3.8, 4) is 0 Å². The molecule has 520 valence electrons. The lowest BCUT2D eigenvalue weighted by atomic mass is 10.0. The lowest BCUT2D eigenvalue weighted by Gasteiger charge is -2.26. The summed E-state index contributed by atoms with van der Waals surface area (Å²) in [6.45, 7) is 4.70. The molecule has 0 radical (unpaired) electrons. The summed E-state index contributed by atoms with van der Waals surface area (Å²) in [4.78, 5) is 37.6. The second kappa shape index (κ2) is 70.9. The smallest absolute Gasteiger partial charge is 0.306 e. The molecule has 0 aliphatic heterocycles. The van der Waals surface area contributed by atoms with Gasteiger partial charge in [-0.25, -0.2) is 0 Å². The summed E-state index contributed by atoms with van der Waals surface area (Å²) in [5, 5.41) is 11.8. The number of quaternary nitrogens is 1. The van der Waals surface area contributed by atoms with E-state index in [2.05, 4.69) is 74.6 Å². The van der Waals surface area contributed by atoms with Gasteiger partial charge in [0.25, 0.3) is 0 Å². The maximum atomic E-state index is 13.0. The molecule has 0 aliphatic carbocycles. The van der Waals surface area contributed by atoms with Crippen LogP contribution in [0.2, 0.25) is 0 Å². The summed E-state index contributed by atoms with van der Waals surface area (Å²) < 4.78 is 22.9. The standard InChI is InChI=1S/C80H147NO8/c1-6-8-10-12-14-16-18-20-22-24-26-28-30-32-34-36-37-38-39-40-41-43-44-46-48-50-52-54-56-58-60-62-64-66-68-70-77(82)87-74-76(75-88-80(79(84)85)86-73-72-81(3,4)5)89-78(83)71-69-67-65-63-61-59-57-55-53-51-49-47-45-42-35-33-31-29-27-25-23-21-19-17-15-13-11-9-7-2/h9,11,15,17,21,23-24,26-27,29,76,80H,6-8,10,12-14,16,18-20,22,25,28,30-75H2,1-5H3/b11-9-,17-15-,23-21-,26-24-,29-27-. The highest BCUT2D eigenvalue weighted by atomic mass is 16.7. The third-order valence-electron chi connectivity index (χ3n) is 17.2. The predicted octanol–water partition coefficient (Wildman–Crippen LogP) is 22.9. The third-order valence-corrected chi connectivity index (χ3v) is 17.2. The number of esters is 2. The van der Waals surface area contributed by atoms with Gasteiger partial charge in [-0.05, 0) is 77.0 Å². The zero-order chi connectivity index (χ0) is 64.7. The first-order chi connectivity index (χ1) is 43.6. The molecule has 0 bridgehead atoms. The molecule has 0 saturated carbocycles. The summed E-state index contributed by atoms with van der Waals surface area (Å²) in [6, 6.07) is 0. The van der Waals surface area contributed by atoms with Crippen LogP contribution in [0.5, 0.6) is 0 Å². The average molecular weight is 1250 g/mol. The van der Waals surface area contributed by atoms with Crippen LogP contribution in [0.1, 0.15) is 373 Å². The molecule has 0 N–H and O–H groups in total. The zero-order valence-electron chi connectivity index (χ0n) is 59.6. The maximum absolute atomic E-state index is 13.0. The maximum Gasteiger partial charge on any atom is 0.306 e. The van der Waals surface area contributed by atoms with Crippen molar-refractivity contribution in [2.24, 2.45) is 0 Å². The Balaban J connectivity index is 4.00. The number of carbonyl (C=O) groups is 3. The van der Waals surface area contributed by atoms with Gasteiger partial charge in [0.05, 0.1) is 40.3 Å². The number of nitrogens with zero attached hydrogens (tertiary/aromatic N) is 1. The molecule has 0 heterocycles. The molecule has 0 aliphatic rings. The van der Waals surface area contributed by atoms with Crippen LogP contribution in [0, 0.1) is 0 Å². The molecule has 2 unspecified atom stereocenters. The fourth-order valence-electron chi connectivity index (χ4n) is 11.4. The van der Waals surface area contributed by atoms with Crippen molar-refractivity contribution in [3.63, 3.8) is 0 Å². The Morgan fingerprint density at radius 2 is 0.640 bits per heavy atom. The highest BCUT2D eigenvalue weighted by Crippen LogP contribution is 2.19. The number of hydrogen-bond acceptors (Lipinski definition) is 8. The molecule has 2 atom stereocenters. The number of carbonyl (C=O) groups excluding carboxylic acids is 3. The Hall–Kier alpha value is -3.01. The first-order valence-electron chi connectivity index (χ1n) is 38.4. The lowest BCUT2D eigenvalue weighted by Crippen LogP contribution is -2.44. The Bertz CT molecular complexity index is 1650. The average Bonchev–Trinajstić information content (AvgIpc) is 3.71. The van der Waals surface area contributed by atoms with Gasteiger partial charge < -0.3 is 33.3 Å². The van der Waals surface area contributed by atoms with Crippen molar-refractivity contribution in [1.29, 1.82) is 0 Å². The Kier molecular flexibility index (Phi) is 68.5. The largest absolute Gasteiger partial charge is 0.545 e. The van der Waals surface area contributed by atoms with Crippen LogP contribution in [0.3, 0.4) is 0 Å². The summed E-state index contributed by atoms with van der Waals surface area (Å²) in [6.07, 6.45) is 90.5.